The van der Waals surface area contributed by atoms with Crippen LogP contribution in [-0.4, -0.2) is 9.55 Å². The summed E-state index contributed by atoms with van der Waals surface area (Å²) in [7, 11) is 1.90. The highest BCUT2D eigenvalue weighted by atomic mass is 32.1. The van der Waals surface area contributed by atoms with Crippen LogP contribution >= 0.6 is 12.6 Å². The molecule has 0 spiro atoms. The SMILES string of the molecule is Cn1cc(N)nc1CS. The largest absolute Gasteiger partial charge is 0.382 e. The van der Waals surface area contributed by atoms with Gasteiger partial charge < -0.3 is 10.3 Å². The van der Waals surface area contributed by atoms with Crippen LogP contribution < -0.4 is 5.73 Å². The molecule has 1 aromatic heterocycles. The van der Waals surface area contributed by atoms with Crippen LogP contribution in [0.5, 0.6) is 0 Å². The molecular weight excluding hydrogens is 134 g/mol. The monoisotopic (exact) mass is 143 g/mol. The highest BCUT2D eigenvalue weighted by Gasteiger charge is 1.97. The Hall–Kier alpha value is -0.640. The number of nitrogens with zero attached hydrogens (tertiary/aromatic N) is 2. The highest BCUT2D eigenvalue weighted by Crippen LogP contribution is 2.03. The second-order valence-electron chi connectivity index (χ2n) is 1.85. The van der Waals surface area contributed by atoms with Gasteiger partial charge >= 0.3 is 0 Å². The van der Waals surface area contributed by atoms with E-state index >= 15 is 0 Å². The summed E-state index contributed by atoms with van der Waals surface area (Å²) >= 11 is 4.05. The normalized spacial score (nSPS) is 10.0. The van der Waals surface area contributed by atoms with E-state index in [1.165, 1.54) is 0 Å². The van der Waals surface area contributed by atoms with Gasteiger partial charge in [0.05, 0.1) is 0 Å². The van der Waals surface area contributed by atoms with Gasteiger partial charge in [0.15, 0.2) is 0 Å². The van der Waals surface area contributed by atoms with Gasteiger partial charge in [0.2, 0.25) is 0 Å². The first-order chi connectivity index (χ1) is 4.24. The molecular formula is C5H9N3S. The summed E-state index contributed by atoms with van der Waals surface area (Å²) in [5.74, 6) is 2.09. The lowest BCUT2D eigenvalue weighted by Crippen LogP contribution is -1.91. The summed E-state index contributed by atoms with van der Waals surface area (Å²) in [5, 5.41) is 0. The molecule has 3 nitrogen and oxygen atoms in total. The molecule has 0 aliphatic heterocycles. The molecule has 0 unspecified atom stereocenters. The Bertz CT molecular complexity index is 206. The topological polar surface area (TPSA) is 43.8 Å². The maximum Gasteiger partial charge on any atom is 0.141 e. The van der Waals surface area contributed by atoms with Crippen molar-refractivity contribution in [2.75, 3.05) is 5.73 Å². The van der Waals surface area contributed by atoms with Crippen molar-refractivity contribution in [1.82, 2.24) is 9.55 Å². The number of hydrogen-bond acceptors (Lipinski definition) is 3. The van der Waals surface area contributed by atoms with Crippen molar-refractivity contribution >= 4 is 18.4 Å². The summed E-state index contributed by atoms with van der Waals surface area (Å²) in [6.45, 7) is 0. The van der Waals surface area contributed by atoms with E-state index < -0.39 is 0 Å². The van der Waals surface area contributed by atoms with E-state index in [4.69, 9.17) is 5.73 Å². The molecule has 0 bridgehead atoms. The smallest absolute Gasteiger partial charge is 0.141 e. The van der Waals surface area contributed by atoms with E-state index in [-0.39, 0.29) is 0 Å². The quantitative estimate of drug-likeness (QED) is 0.560. The number of thiol groups is 1. The molecule has 1 rings (SSSR count). The van der Waals surface area contributed by atoms with Gasteiger partial charge in [0.25, 0.3) is 0 Å². The van der Waals surface area contributed by atoms with E-state index in [1.807, 2.05) is 11.6 Å². The number of aromatic nitrogens is 2. The van der Waals surface area contributed by atoms with Crippen molar-refractivity contribution in [1.29, 1.82) is 0 Å². The minimum Gasteiger partial charge on any atom is -0.382 e. The molecule has 1 heterocycles. The Kier molecular flexibility index (Phi) is 1.66. The molecule has 0 atom stereocenters. The van der Waals surface area contributed by atoms with Gasteiger partial charge in [-0.15, -0.1) is 0 Å². The van der Waals surface area contributed by atoms with Crippen LogP contribution in [0.1, 0.15) is 5.82 Å². The fourth-order valence-corrected chi connectivity index (χ4v) is 0.970. The lowest BCUT2D eigenvalue weighted by atomic mass is 10.7. The second-order valence-corrected chi connectivity index (χ2v) is 2.17. The first kappa shape index (κ1) is 6.48. The van der Waals surface area contributed by atoms with Crippen molar-refractivity contribution in [3.8, 4) is 0 Å². The number of nitrogen functional groups attached to an aromatic ring is 1. The predicted molar refractivity (Wildman–Crippen MR) is 40.3 cm³/mol. The van der Waals surface area contributed by atoms with Crippen LogP contribution in [0.2, 0.25) is 0 Å². The number of nitrogens with two attached hydrogens (primary N) is 1. The van der Waals surface area contributed by atoms with Crippen molar-refractivity contribution < 1.29 is 0 Å². The molecule has 0 saturated heterocycles. The molecule has 4 heteroatoms. The lowest BCUT2D eigenvalue weighted by molar-refractivity contribution is 0.850. The Morgan fingerprint density at radius 1 is 1.89 bits per heavy atom. The summed E-state index contributed by atoms with van der Waals surface area (Å²) in [6.07, 6.45) is 1.77. The zero-order valence-corrected chi connectivity index (χ0v) is 6.10. The minimum absolute atomic E-state index is 0.557. The number of rotatable bonds is 1. The van der Waals surface area contributed by atoms with Gasteiger partial charge in [-0.05, 0) is 0 Å². The van der Waals surface area contributed by atoms with Gasteiger partial charge in [-0.2, -0.15) is 12.6 Å². The Labute approximate surface area is 59.3 Å². The van der Waals surface area contributed by atoms with E-state index in [1.54, 1.807) is 6.20 Å². The highest BCUT2D eigenvalue weighted by molar-refractivity contribution is 7.79. The summed E-state index contributed by atoms with van der Waals surface area (Å²) in [5.41, 5.74) is 5.39. The number of aryl methyl sites for hydroxylation is 1. The molecule has 9 heavy (non-hydrogen) atoms. The van der Waals surface area contributed by atoms with E-state index in [2.05, 4.69) is 17.6 Å². The van der Waals surface area contributed by atoms with Crippen molar-refractivity contribution in [2.45, 2.75) is 5.75 Å². The molecule has 0 aromatic carbocycles. The van der Waals surface area contributed by atoms with Crippen LogP contribution in [0.4, 0.5) is 5.82 Å². The molecule has 0 radical (unpaired) electrons. The number of hydrogen-bond donors (Lipinski definition) is 2. The van der Waals surface area contributed by atoms with Gasteiger partial charge in [0, 0.05) is 19.0 Å². The van der Waals surface area contributed by atoms with Crippen molar-refractivity contribution in [3.05, 3.63) is 12.0 Å². The fourth-order valence-electron chi connectivity index (χ4n) is 0.677. The minimum atomic E-state index is 0.557. The van der Waals surface area contributed by atoms with Crippen LogP contribution in [0.15, 0.2) is 6.20 Å². The van der Waals surface area contributed by atoms with Gasteiger partial charge in [0.1, 0.15) is 11.6 Å². The molecule has 50 valence electrons. The van der Waals surface area contributed by atoms with E-state index in [9.17, 15) is 0 Å². The third-order valence-electron chi connectivity index (χ3n) is 1.13. The Morgan fingerprint density at radius 3 is 2.78 bits per heavy atom. The number of anilines is 1. The first-order valence-corrected chi connectivity index (χ1v) is 3.26. The second kappa shape index (κ2) is 2.31. The van der Waals surface area contributed by atoms with Crippen LogP contribution in [0.25, 0.3) is 0 Å². The maximum absolute atomic E-state index is 5.39. The third kappa shape index (κ3) is 1.18. The van der Waals surface area contributed by atoms with Gasteiger partial charge in [-0.1, -0.05) is 0 Å². The predicted octanol–water partition coefficient (Wildman–Crippen LogP) is 0.432. The maximum atomic E-state index is 5.39. The van der Waals surface area contributed by atoms with Gasteiger partial charge in [-0.3, -0.25) is 0 Å². The molecule has 0 aliphatic rings. The average Bonchev–Trinajstić information content (AvgIpc) is 2.10. The van der Waals surface area contributed by atoms with Crippen molar-refractivity contribution in [2.24, 2.45) is 7.05 Å². The third-order valence-corrected chi connectivity index (χ3v) is 1.42. The zero-order chi connectivity index (χ0) is 6.85. The van der Waals surface area contributed by atoms with Crippen LogP contribution in [-0.2, 0) is 12.8 Å². The lowest BCUT2D eigenvalue weighted by Gasteiger charge is -1.91. The van der Waals surface area contributed by atoms with Crippen LogP contribution in [0, 0.1) is 0 Å². The number of imidazole rings is 1. The molecule has 0 aliphatic carbocycles. The van der Waals surface area contributed by atoms with E-state index in [0.717, 1.165) is 5.82 Å². The molecule has 0 saturated carbocycles. The summed E-state index contributed by atoms with van der Waals surface area (Å²) < 4.78 is 1.86. The molecule has 1 aromatic rings. The van der Waals surface area contributed by atoms with Gasteiger partial charge in [-0.25, -0.2) is 4.98 Å². The zero-order valence-electron chi connectivity index (χ0n) is 5.20. The fraction of sp³-hybridized carbons (Fsp3) is 0.400. The molecule has 0 amide bonds. The summed E-state index contributed by atoms with van der Waals surface area (Å²) in [4.78, 5) is 3.99. The summed E-state index contributed by atoms with van der Waals surface area (Å²) in [6, 6.07) is 0. The Morgan fingerprint density at radius 2 is 2.56 bits per heavy atom. The molecule has 2 N–H and O–H groups in total. The average molecular weight is 143 g/mol. The van der Waals surface area contributed by atoms with Crippen molar-refractivity contribution in [3.63, 3.8) is 0 Å². The first-order valence-electron chi connectivity index (χ1n) is 2.62. The Balaban J connectivity index is 3.01. The standard InChI is InChI=1S/C5H9N3S/c1-8-2-4(6)7-5(8)3-9/h2,9H,3,6H2,1H3. The van der Waals surface area contributed by atoms with Crippen LogP contribution in [0.3, 0.4) is 0 Å². The molecule has 0 fully saturated rings. The van der Waals surface area contributed by atoms with E-state index in [0.29, 0.717) is 11.6 Å².